The molecule has 0 aliphatic rings. The zero-order valence-electron chi connectivity index (χ0n) is 12.7. The highest BCUT2D eigenvalue weighted by Gasteiger charge is 2.28. The molecule has 0 fully saturated rings. The second-order valence-electron chi connectivity index (χ2n) is 5.38. The summed E-state index contributed by atoms with van der Waals surface area (Å²) in [6.07, 6.45) is -0.0592. The first-order valence-electron chi connectivity index (χ1n) is 7.31. The Morgan fingerprint density at radius 3 is 2.30 bits per heavy atom. The quantitative estimate of drug-likeness (QED) is 0.687. The molecule has 0 saturated heterocycles. The fourth-order valence-electron chi connectivity index (χ4n) is 2.43. The molecule has 0 bridgehead atoms. The van der Waals surface area contributed by atoms with Gasteiger partial charge in [-0.2, -0.15) is 0 Å². The Kier molecular flexibility index (Phi) is 6.15. The summed E-state index contributed by atoms with van der Waals surface area (Å²) in [4.78, 5) is 23.8. The summed E-state index contributed by atoms with van der Waals surface area (Å²) in [5, 5.41) is 12.3. The van der Waals surface area contributed by atoms with Crippen molar-refractivity contribution in [3.63, 3.8) is 0 Å². The molecular formula is C18H18INO3. The summed E-state index contributed by atoms with van der Waals surface area (Å²) in [5.41, 5.74) is 1.62. The Balaban J connectivity index is 2.09. The molecule has 0 aliphatic carbocycles. The third kappa shape index (κ3) is 4.79. The third-order valence-corrected chi connectivity index (χ3v) is 4.74. The van der Waals surface area contributed by atoms with Crippen molar-refractivity contribution in [3.8, 4) is 0 Å². The van der Waals surface area contributed by atoms with E-state index in [9.17, 15) is 14.7 Å². The number of carboxylic acid groups (broad SMARTS) is 1. The number of aliphatic carboxylic acids is 1. The summed E-state index contributed by atoms with van der Waals surface area (Å²) in [5.74, 6) is -2.25. The number of carboxylic acids is 1. The fraction of sp³-hybridized carbons (Fsp3) is 0.222. The zero-order valence-corrected chi connectivity index (χ0v) is 14.9. The molecule has 0 aliphatic heterocycles. The van der Waals surface area contributed by atoms with Crippen LogP contribution in [0.4, 0.5) is 5.69 Å². The van der Waals surface area contributed by atoms with Crippen LogP contribution in [0.2, 0.25) is 0 Å². The highest BCUT2D eigenvalue weighted by atomic mass is 127. The second kappa shape index (κ2) is 8.10. The first-order chi connectivity index (χ1) is 11.0. The normalized spacial score (nSPS) is 13.1. The number of rotatable bonds is 6. The van der Waals surface area contributed by atoms with E-state index in [1.807, 2.05) is 55.5 Å². The monoisotopic (exact) mass is 423 g/mol. The van der Waals surface area contributed by atoms with E-state index < -0.39 is 11.9 Å². The van der Waals surface area contributed by atoms with E-state index in [1.165, 1.54) is 0 Å². The Morgan fingerprint density at radius 1 is 1.09 bits per heavy atom. The van der Waals surface area contributed by atoms with Crippen LogP contribution >= 0.6 is 22.6 Å². The van der Waals surface area contributed by atoms with Gasteiger partial charge in [0.1, 0.15) is 0 Å². The van der Waals surface area contributed by atoms with Gasteiger partial charge in [-0.1, -0.05) is 49.4 Å². The van der Waals surface area contributed by atoms with E-state index in [1.54, 1.807) is 6.07 Å². The first-order valence-corrected chi connectivity index (χ1v) is 8.39. The number of carbonyl (C=O) groups excluding carboxylic acids is 1. The lowest BCUT2D eigenvalue weighted by Crippen LogP contribution is -2.26. The summed E-state index contributed by atoms with van der Waals surface area (Å²) in [6.45, 7) is 1.84. The van der Waals surface area contributed by atoms with Gasteiger partial charge in [-0.25, -0.2) is 0 Å². The maximum absolute atomic E-state index is 12.2. The van der Waals surface area contributed by atoms with E-state index in [2.05, 4.69) is 27.9 Å². The molecule has 5 heteroatoms. The molecule has 2 aromatic rings. The number of para-hydroxylation sites is 1. The zero-order chi connectivity index (χ0) is 16.8. The first kappa shape index (κ1) is 17.5. The van der Waals surface area contributed by atoms with Crippen molar-refractivity contribution < 1.29 is 14.7 Å². The van der Waals surface area contributed by atoms with E-state index >= 15 is 0 Å². The SMILES string of the molecule is C[C@@H](c1ccccc1)[C@@H](CC(=O)Nc1ccccc1I)C(=O)O. The van der Waals surface area contributed by atoms with Crippen LogP contribution in [0.3, 0.4) is 0 Å². The van der Waals surface area contributed by atoms with Crippen LogP contribution < -0.4 is 5.32 Å². The van der Waals surface area contributed by atoms with Gasteiger partial charge in [-0.3, -0.25) is 9.59 Å². The lowest BCUT2D eigenvalue weighted by molar-refractivity contribution is -0.144. The van der Waals surface area contributed by atoms with E-state index in [-0.39, 0.29) is 18.2 Å². The maximum Gasteiger partial charge on any atom is 0.307 e. The number of benzene rings is 2. The number of hydrogen-bond donors (Lipinski definition) is 2. The average molecular weight is 423 g/mol. The van der Waals surface area contributed by atoms with Crippen LogP contribution in [-0.4, -0.2) is 17.0 Å². The van der Waals surface area contributed by atoms with Crippen LogP contribution in [0.5, 0.6) is 0 Å². The Morgan fingerprint density at radius 2 is 1.70 bits per heavy atom. The van der Waals surface area contributed by atoms with Crippen LogP contribution in [-0.2, 0) is 9.59 Å². The van der Waals surface area contributed by atoms with Gasteiger partial charge < -0.3 is 10.4 Å². The van der Waals surface area contributed by atoms with Gasteiger partial charge in [0.05, 0.1) is 11.6 Å². The molecule has 4 nitrogen and oxygen atoms in total. The molecule has 0 unspecified atom stereocenters. The van der Waals surface area contributed by atoms with Crippen molar-refractivity contribution in [3.05, 3.63) is 63.7 Å². The topological polar surface area (TPSA) is 66.4 Å². The fourth-order valence-corrected chi connectivity index (χ4v) is 2.95. The lowest BCUT2D eigenvalue weighted by atomic mass is 9.85. The molecule has 2 aromatic carbocycles. The lowest BCUT2D eigenvalue weighted by Gasteiger charge is -2.20. The number of amides is 1. The van der Waals surface area contributed by atoms with Crippen LogP contribution in [0, 0.1) is 9.49 Å². The average Bonchev–Trinajstić information content (AvgIpc) is 2.55. The number of hydrogen-bond acceptors (Lipinski definition) is 2. The van der Waals surface area contributed by atoms with Gasteiger partial charge in [0.15, 0.2) is 0 Å². The highest BCUT2D eigenvalue weighted by molar-refractivity contribution is 14.1. The molecule has 0 radical (unpaired) electrons. The second-order valence-corrected chi connectivity index (χ2v) is 6.54. The molecule has 0 heterocycles. The van der Waals surface area contributed by atoms with Crippen molar-refractivity contribution in [1.29, 1.82) is 0 Å². The molecule has 1 amide bonds. The maximum atomic E-state index is 12.2. The number of nitrogens with one attached hydrogen (secondary N) is 1. The van der Waals surface area contributed by atoms with Crippen molar-refractivity contribution >= 4 is 40.2 Å². The molecule has 0 spiro atoms. The predicted molar refractivity (Wildman–Crippen MR) is 98.4 cm³/mol. The minimum Gasteiger partial charge on any atom is -0.481 e. The summed E-state index contributed by atoms with van der Waals surface area (Å²) in [6, 6.07) is 16.8. The summed E-state index contributed by atoms with van der Waals surface area (Å²) >= 11 is 2.13. The Labute approximate surface area is 149 Å². The molecule has 2 rings (SSSR count). The van der Waals surface area contributed by atoms with Gasteiger partial charge >= 0.3 is 5.97 Å². The van der Waals surface area contributed by atoms with Crippen LogP contribution in [0.25, 0.3) is 0 Å². The summed E-state index contributed by atoms with van der Waals surface area (Å²) < 4.78 is 0.918. The Hall–Kier alpha value is -1.89. The minimum absolute atomic E-state index is 0.0592. The van der Waals surface area contributed by atoms with Crippen molar-refractivity contribution in [2.24, 2.45) is 5.92 Å². The van der Waals surface area contributed by atoms with Gasteiger partial charge in [0, 0.05) is 9.99 Å². The van der Waals surface area contributed by atoms with Gasteiger partial charge in [-0.05, 0) is 46.2 Å². The molecule has 23 heavy (non-hydrogen) atoms. The molecule has 2 N–H and O–H groups in total. The molecule has 2 atom stereocenters. The largest absolute Gasteiger partial charge is 0.481 e. The van der Waals surface area contributed by atoms with Crippen LogP contribution in [0.1, 0.15) is 24.8 Å². The van der Waals surface area contributed by atoms with E-state index in [0.717, 1.165) is 9.13 Å². The van der Waals surface area contributed by atoms with Gasteiger partial charge in [0.25, 0.3) is 0 Å². The number of anilines is 1. The van der Waals surface area contributed by atoms with Crippen molar-refractivity contribution in [2.45, 2.75) is 19.3 Å². The van der Waals surface area contributed by atoms with E-state index in [0.29, 0.717) is 5.69 Å². The van der Waals surface area contributed by atoms with Crippen molar-refractivity contribution in [1.82, 2.24) is 0 Å². The third-order valence-electron chi connectivity index (χ3n) is 3.80. The molecule has 0 aromatic heterocycles. The Bertz CT molecular complexity index is 688. The standard InChI is InChI=1S/C18H18INO3/c1-12(13-7-3-2-4-8-13)14(18(22)23)11-17(21)20-16-10-6-5-9-15(16)19/h2-10,12,14H,11H2,1H3,(H,20,21)(H,22,23)/t12-,14+/m0/s1. The van der Waals surface area contributed by atoms with Gasteiger partial charge in [-0.15, -0.1) is 0 Å². The molecule has 120 valence electrons. The molecule has 0 saturated carbocycles. The smallest absolute Gasteiger partial charge is 0.307 e. The van der Waals surface area contributed by atoms with E-state index in [4.69, 9.17) is 0 Å². The predicted octanol–water partition coefficient (Wildman–Crippen LogP) is 4.12. The van der Waals surface area contributed by atoms with Crippen molar-refractivity contribution in [2.75, 3.05) is 5.32 Å². The van der Waals surface area contributed by atoms with Gasteiger partial charge in [0.2, 0.25) is 5.91 Å². The molecular weight excluding hydrogens is 405 g/mol. The summed E-state index contributed by atoms with van der Waals surface area (Å²) in [7, 11) is 0. The number of carbonyl (C=O) groups is 2. The van der Waals surface area contributed by atoms with Crippen LogP contribution in [0.15, 0.2) is 54.6 Å². The number of halogens is 1. The highest BCUT2D eigenvalue weighted by Crippen LogP contribution is 2.28. The minimum atomic E-state index is -0.959.